The number of esters is 3. The fourth-order valence-corrected chi connectivity index (χ4v) is 4.73. The highest BCUT2D eigenvalue weighted by molar-refractivity contribution is 5.81. The van der Waals surface area contributed by atoms with Gasteiger partial charge in [-0.25, -0.2) is 9.59 Å². The number of hydrogen-bond donors (Lipinski definition) is 3. The smallest absolute Gasteiger partial charge is 0.408 e. The summed E-state index contributed by atoms with van der Waals surface area (Å²) < 4.78 is 14.4. The van der Waals surface area contributed by atoms with Crippen LogP contribution in [0.15, 0.2) is 0 Å². The number of ether oxygens (including phenoxy) is 3. The van der Waals surface area contributed by atoms with Gasteiger partial charge in [0.2, 0.25) is 0 Å². The number of carboxylic acids is 1. The number of carbonyl (C=O) groups excluding carboxylic acids is 3. The number of hydrogen-bond acceptors (Lipinski definition) is 13. The third-order valence-electron chi connectivity index (χ3n) is 7.02. The standard InChI is InChI=1S/C23H39N5O11/c1-37-17(29)13-24-4-6-25(14-18(30)38-2)8-10-27(11-9-26(7-5-24)15-19(31)39-3)16-12-28(23(35)36)20(21(16)32)22(33)34/h16,20-21,32H,4-15H2,1-3H3,(H,33,34)(H,35,36)/t16-,20+,21+/m1/s1. The predicted molar refractivity (Wildman–Crippen MR) is 133 cm³/mol. The molecule has 0 aromatic rings. The van der Waals surface area contributed by atoms with Crippen LogP contribution in [0.5, 0.6) is 0 Å². The molecule has 0 radical (unpaired) electrons. The summed E-state index contributed by atoms with van der Waals surface area (Å²) >= 11 is 0. The van der Waals surface area contributed by atoms with E-state index in [0.717, 1.165) is 0 Å². The lowest BCUT2D eigenvalue weighted by Gasteiger charge is -2.36. The van der Waals surface area contributed by atoms with E-state index in [2.05, 4.69) is 0 Å². The van der Waals surface area contributed by atoms with Crippen LogP contribution in [0.3, 0.4) is 0 Å². The van der Waals surface area contributed by atoms with Crippen LogP contribution >= 0.6 is 0 Å². The zero-order chi connectivity index (χ0) is 29.1. The van der Waals surface area contributed by atoms with Crippen molar-refractivity contribution >= 4 is 30.0 Å². The summed E-state index contributed by atoms with van der Waals surface area (Å²) in [6.45, 7) is 2.29. The number of rotatable bonds is 8. The maximum Gasteiger partial charge on any atom is 0.408 e. The highest BCUT2D eigenvalue weighted by Crippen LogP contribution is 2.24. The maximum atomic E-state index is 12.1. The van der Waals surface area contributed by atoms with Gasteiger partial charge in [-0.2, -0.15) is 0 Å². The van der Waals surface area contributed by atoms with E-state index in [9.17, 15) is 39.3 Å². The van der Waals surface area contributed by atoms with Crippen molar-refractivity contribution in [3.05, 3.63) is 0 Å². The van der Waals surface area contributed by atoms with Gasteiger partial charge in [-0.1, -0.05) is 0 Å². The molecule has 3 N–H and O–H groups in total. The van der Waals surface area contributed by atoms with E-state index in [1.54, 1.807) is 4.90 Å². The fourth-order valence-electron chi connectivity index (χ4n) is 4.73. The van der Waals surface area contributed by atoms with Crippen LogP contribution in [-0.2, 0) is 33.4 Å². The van der Waals surface area contributed by atoms with Gasteiger partial charge in [0.05, 0.1) is 47.0 Å². The number of carbonyl (C=O) groups is 5. The average Bonchev–Trinajstić information content (AvgIpc) is 3.25. The summed E-state index contributed by atoms with van der Waals surface area (Å²) in [5.41, 5.74) is 0. The molecule has 2 aliphatic heterocycles. The van der Waals surface area contributed by atoms with E-state index in [1.165, 1.54) is 21.3 Å². The van der Waals surface area contributed by atoms with E-state index in [-0.39, 0.29) is 39.3 Å². The minimum absolute atomic E-state index is 0.0105. The Morgan fingerprint density at radius 1 is 0.667 bits per heavy atom. The average molecular weight is 562 g/mol. The second-order valence-electron chi connectivity index (χ2n) is 9.37. The fraction of sp³-hybridized carbons (Fsp3) is 0.783. The largest absolute Gasteiger partial charge is 0.480 e. The molecule has 0 saturated carbocycles. The van der Waals surface area contributed by atoms with E-state index in [1.807, 2.05) is 14.7 Å². The molecule has 16 nitrogen and oxygen atoms in total. The van der Waals surface area contributed by atoms with Crippen molar-refractivity contribution in [3.8, 4) is 0 Å². The Morgan fingerprint density at radius 2 is 1.03 bits per heavy atom. The van der Waals surface area contributed by atoms with Crippen molar-refractivity contribution in [3.63, 3.8) is 0 Å². The van der Waals surface area contributed by atoms with Crippen molar-refractivity contribution in [2.45, 2.75) is 18.2 Å². The first-order valence-corrected chi connectivity index (χ1v) is 12.5. The number of nitrogens with zero attached hydrogens (tertiary/aromatic N) is 5. The number of aliphatic carboxylic acids is 1. The lowest BCUT2D eigenvalue weighted by atomic mass is 10.1. The summed E-state index contributed by atoms with van der Waals surface area (Å²) in [6, 6.07) is -2.46. The van der Waals surface area contributed by atoms with Gasteiger partial charge in [0.15, 0.2) is 6.04 Å². The first-order valence-electron chi connectivity index (χ1n) is 12.5. The number of carboxylic acid groups (broad SMARTS) is 2. The molecule has 0 aliphatic carbocycles. The van der Waals surface area contributed by atoms with Gasteiger partial charge < -0.3 is 29.5 Å². The topological polar surface area (TPSA) is 190 Å². The molecule has 0 aromatic heterocycles. The van der Waals surface area contributed by atoms with Crippen molar-refractivity contribution in [1.29, 1.82) is 0 Å². The van der Waals surface area contributed by atoms with Crippen LogP contribution < -0.4 is 0 Å². The van der Waals surface area contributed by atoms with Gasteiger partial charge in [0.1, 0.15) is 6.10 Å². The molecule has 222 valence electrons. The van der Waals surface area contributed by atoms with Gasteiger partial charge in [-0.15, -0.1) is 0 Å². The number of aliphatic hydroxyl groups excluding tert-OH is 1. The lowest BCUT2D eigenvalue weighted by Crippen LogP contribution is -2.53. The third kappa shape index (κ3) is 9.58. The molecular formula is C23H39N5O11. The first kappa shape index (κ1) is 32.2. The van der Waals surface area contributed by atoms with Crippen molar-refractivity contribution in [2.24, 2.45) is 0 Å². The van der Waals surface area contributed by atoms with E-state index < -0.39 is 48.2 Å². The number of aliphatic hydroxyl groups is 1. The lowest BCUT2D eigenvalue weighted by molar-refractivity contribution is -0.145. The second-order valence-corrected chi connectivity index (χ2v) is 9.37. The summed E-state index contributed by atoms with van der Waals surface area (Å²) in [4.78, 5) is 67.5. The van der Waals surface area contributed by atoms with Crippen LogP contribution in [-0.4, -0.2) is 188 Å². The Labute approximate surface area is 226 Å². The van der Waals surface area contributed by atoms with Crippen molar-refractivity contribution in [2.75, 3.05) is 99.9 Å². The molecule has 1 amide bonds. The zero-order valence-electron chi connectivity index (χ0n) is 22.6. The number of likely N-dealkylation sites (tertiary alicyclic amines) is 1. The predicted octanol–water partition coefficient (Wildman–Crippen LogP) is -3.10. The minimum Gasteiger partial charge on any atom is -0.480 e. The highest BCUT2D eigenvalue weighted by atomic mass is 16.5. The molecule has 0 spiro atoms. The molecule has 16 heteroatoms. The minimum atomic E-state index is -1.63. The zero-order valence-corrected chi connectivity index (χ0v) is 22.6. The molecule has 2 saturated heterocycles. The summed E-state index contributed by atoms with van der Waals surface area (Å²) in [6.07, 6.45) is -2.95. The monoisotopic (exact) mass is 561 g/mol. The molecule has 0 bridgehead atoms. The Bertz CT molecular complexity index is 841. The molecule has 39 heavy (non-hydrogen) atoms. The first-order chi connectivity index (χ1) is 18.5. The Balaban J connectivity index is 2.32. The van der Waals surface area contributed by atoms with Crippen LogP contribution in [0, 0.1) is 0 Å². The summed E-state index contributed by atoms with van der Waals surface area (Å²) in [7, 11) is 3.83. The molecule has 0 unspecified atom stereocenters. The number of amides is 1. The van der Waals surface area contributed by atoms with E-state index in [4.69, 9.17) is 14.2 Å². The summed E-state index contributed by atoms with van der Waals surface area (Å²) in [5.74, 6) is -2.83. The molecule has 0 aromatic carbocycles. The van der Waals surface area contributed by atoms with Crippen molar-refractivity contribution < 1.29 is 53.5 Å². The summed E-state index contributed by atoms with van der Waals surface area (Å²) in [5, 5.41) is 30.0. The van der Waals surface area contributed by atoms with Crippen LogP contribution in [0.2, 0.25) is 0 Å². The van der Waals surface area contributed by atoms with Gasteiger partial charge >= 0.3 is 30.0 Å². The molecule has 2 fully saturated rings. The van der Waals surface area contributed by atoms with Gasteiger partial charge in [0.25, 0.3) is 0 Å². The van der Waals surface area contributed by atoms with Crippen molar-refractivity contribution in [1.82, 2.24) is 24.5 Å². The molecule has 2 heterocycles. The Hall–Kier alpha value is -3.05. The molecule has 3 atom stereocenters. The number of methoxy groups -OCH3 is 3. The van der Waals surface area contributed by atoms with Crippen LogP contribution in [0.25, 0.3) is 0 Å². The highest BCUT2D eigenvalue weighted by Gasteiger charge is 2.49. The van der Waals surface area contributed by atoms with E-state index in [0.29, 0.717) is 44.2 Å². The van der Waals surface area contributed by atoms with Gasteiger partial charge in [-0.05, 0) is 0 Å². The van der Waals surface area contributed by atoms with Crippen LogP contribution in [0.4, 0.5) is 4.79 Å². The van der Waals surface area contributed by atoms with Gasteiger partial charge in [0, 0.05) is 58.9 Å². The van der Waals surface area contributed by atoms with Crippen LogP contribution in [0.1, 0.15) is 0 Å². The molecule has 2 rings (SSSR count). The molecule has 2 aliphatic rings. The van der Waals surface area contributed by atoms with E-state index >= 15 is 0 Å². The Morgan fingerprint density at radius 3 is 1.31 bits per heavy atom. The normalized spacial score (nSPS) is 24.8. The Kier molecular flexibility index (Phi) is 12.8. The maximum absolute atomic E-state index is 12.1. The van der Waals surface area contributed by atoms with Gasteiger partial charge in [-0.3, -0.25) is 38.9 Å². The quantitative estimate of drug-likeness (QED) is 0.199. The third-order valence-corrected chi connectivity index (χ3v) is 7.02. The SMILES string of the molecule is COC(=O)CN1CCN(CC(=O)OC)CCN([C@@H]2CN(C(=O)O)[C@H](C(=O)O)[C@H]2O)CCN(CC(=O)OC)CC1. The second kappa shape index (κ2) is 15.5. The molecular weight excluding hydrogens is 522 g/mol.